The van der Waals surface area contributed by atoms with E-state index in [2.05, 4.69) is 10.4 Å². The maximum atomic E-state index is 12.2. The van der Waals surface area contributed by atoms with Crippen LogP contribution in [0.15, 0.2) is 12.3 Å². The second-order valence-electron chi connectivity index (χ2n) is 6.14. The van der Waals surface area contributed by atoms with Crippen LogP contribution in [0.2, 0.25) is 0 Å². The Hall–Kier alpha value is -1.89. The molecule has 0 atom stereocenters. The van der Waals surface area contributed by atoms with Gasteiger partial charge in [0.15, 0.2) is 0 Å². The molecule has 0 radical (unpaired) electrons. The molecule has 0 spiro atoms. The third-order valence-electron chi connectivity index (χ3n) is 4.07. The molecule has 122 valence electrons. The molecule has 0 aliphatic carbocycles. The first-order chi connectivity index (χ1) is 10.4. The first kappa shape index (κ1) is 16.5. The molecule has 1 aliphatic rings. The largest absolute Gasteiger partial charge is 0.481 e. The molecule has 0 saturated carbocycles. The number of carbonyl (C=O) groups is 2. The fourth-order valence-corrected chi connectivity index (χ4v) is 2.65. The highest BCUT2D eigenvalue weighted by Gasteiger charge is 2.35. The van der Waals surface area contributed by atoms with Crippen LogP contribution < -0.4 is 5.32 Å². The van der Waals surface area contributed by atoms with Gasteiger partial charge in [0.25, 0.3) is 5.91 Å². The van der Waals surface area contributed by atoms with Gasteiger partial charge in [-0.15, -0.1) is 0 Å². The van der Waals surface area contributed by atoms with Crippen molar-refractivity contribution in [3.8, 4) is 0 Å². The lowest BCUT2D eigenvalue weighted by molar-refractivity contribution is -0.141. The molecule has 1 fully saturated rings. The van der Waals surface area contributed by atoms with Crippen molar-refractivity contribution in [3.63, 3.8) is 0 Å². The molecular weight excluding hydrogens is 286 g/mol. The van der Waals surface area contributed by atoms with E-state index in [4.69, 9.17) is 9.84 Å². The summed E-state index contributed by atoms with van der Waals surface area (Å²) in [5, 5.41) is 16.2. The number of carbonyl (C=O) groups excluding carboxylic acids is 1. The van der Waals surface area contributed by atoms with Crippen molar-refractivity contribution in [1.29, 1.82) is 0 Å². The quantitative estimate of drug-likeness (QED) is 0.830. The van der Waals surface area contributed by atoms with Crippen LogP contribution in [0.25, 0.3) is 0 Å². The minimum atomic E-state index is -0.847. The van der Waals surface area contributed by atoms with Crippen LogP contribution in [0.5, 0.6) is 0 Å². The number of ether oxygens (including phenoxy) is 1. The van der Waals surface area contributed by atoms with Gasteiger partial charge >= 0.3 is 5.97 Å². The Bertz CT molecular complexity index is 533. The number of aromatic nitrogens is 2. The number of carboxylic acids is 1. The second-order valence-corrected chi connectivity index (χ2v) is 6.14. The Kier molecular flexibility index (Phi) is 5.18. The molecule has 0 aromatic carbocycles. The van der Waals surface area contributed by atoms with E-state index in [1.807, 2.05) is 13.8 Å². The van der Waals surface area contributed by atoms with Crippen molar-refractivity contribution < 1.29 is 19.4 Å². The van der Waals surface area contributed by atoms with Crippen LogP contribution in [-0.2, 0) is 9.53 Å². The van der Waals surface area contributed by atoms with Gasteiger partial charge in [0, 0.05) is 37.4 Å². The lowest BCUT2D eigenvalue weighted by Gasteiger charge is -2.35. The lowest BCUT2D eigenvalue weighted by atomic mass is 9.77. The van der Waals surface area contributed by atoms with Gasteiger partial charge in [-0.2, -0.15) is 5.10 Å². The SMILES string of the molecule is CC(C)n1ccc(C(=O)NCC2(CC(=O)O)CCOCC2)n1. The van der Waals surface area contributed by atoms with E-state index in [9.17, 15) is 9.59 Å². The molecule has 2 rings (SSSR count). The molecule has 0 unspecified atom stereocenters. The summed E-state index contributed by atoms with van der Waals surface area (Å²) in [6.45, 7) is 5.36. The molecule has 7 nitrogen and oxygen atoms in total. The summed E-state index contributed by atoms with van der Waals surface area (Å²) >= 11 is 0. The molecule has 0 bridgehead atoms. The van der Waals surface area contributed by atoms with Crippen LogP contribution in [0.1, 0.15) is 49.6 Å². The average Bonchev–Trinajstić information content (AvgIpc) is 2.95. The molecule has 1 aliphatic heterocycles. The molecule has 1 amide bonds. The Labute approximate surface area is 129 Å². The van der Waals surface area contributed by atoms with Gasteiger partial charge in [0.1, 0.15) is 5.69 Å². The number of nitrogens with one attached hydrogen (secondary N) is 1. The normalized spacial score (nSPS) is 17.4. The van der Waals surface area contributed by atoms with E-state index >= 15 is 0 Å². The van der Waals surface area contributed by atoms with E-state index in [0.29, 0.717) is 38.3 Å². The summed E-state index contributed by atoms with van der Waals surface area (Å²) in [5.74, 6) is -1.11. The van der Waals surface area contributed by atoms with Crippen LogP contribution in [0.4, 0.5) is 0 Å². The molecule has 22 heavy (non-hydrogen) atoms. The first-order valence-electron chi connectivity index (χ1n) is 7.55. The van der Waals surface area contributed by atoms with Gasteiger partial charge < -0.3 is 15.2 Å². The predicted molar refractivity (Wildman–Crippen MR) is 79.7 cm³/mol. The Balaban J connectivity index is 1.98. The maximum Gasteiger partial charge on any atom is 0.303 e. The average molecular weight is 309 g/mol. The van der Waals surface area contributed by atoms with Crippen molar-refractivity contribution in [2.45, 2.75) is 39.2 Å². The van der Waals surface area contributed by atoms with Crippen molar-refractivity contribution in [2.75, 3.05) is 19.8 Å². The highest BCUT2D eigenvalue weighted by atomic mass is 16.5. The summed E-state index contributed by atoms with van der Waals surface area (Å²) in [7, 11) is 0. The van der Waals surface area contributed by atoms with E-state index in [-0.39, 0.29) is 18.4 Å². The second kappa shape index (κ2) is 6.91. The summed E-state index contributed by atoms with van der Waals surface area (Å²) in [6, 6.07) is 1.86. The first-order valence-corrected chi connectivity index (χ1v) is 7.55. The van der Waals surface area contributed by atoms with Crippen molar-refractivity contribution >= 4 is 11.9 Å². The van der Waals surface area contributed by atoms with Gasteiger partial charge in [-0.1, -0.05) is 0 Å². The fourth-order valence-electron chi connectivity index (χ4n) is 2.65. The minimum Gasteiger partial charge on any atom is -0.481 e. The topological polar surface area (TPSA) is 93.5 Å². The zero-order valence-corrected chi connectivity index (χ0v) is 13.0. The van der Waals surface area contributed by atoms with Crippen molar-refractivity contribution in [3.05, 3.63) is 18.0 Å². The zero-order chi connectivity index (χ0) is 16.2. The predicted octanol–water partition coefficient (Wildman–Crippen LogP) is 1.47. The Morgan fingerprint density at radius 2 is 2.14 bits per heavy atom. The zero-order valence-electron chi connectivity index (χ0n) is 13.0. The van der Waals surface area contributed by atoms with Crippen molar-refractivity contribution in [1.82, 2.24) is 15.1 Å². The number of carboxylic acid groups (broad SMARTS) is 1. The van der Waals surface area contributed by atoms with Gasteiger partial charge in [0.2, 0.25) is 0 Å². The molecule has 1 aromatic rings. The molecule has 1 aromatic heterocycles. The summed E-state index contributed by atoms with van der Waals surface area (Å²) in [6.07, 6.45) is 3.08. The molecule has 2 heterocycles. The van der Waals surface area contributed by atoms with E-state index in [0.717, 1.165) is 0 Å². The fraction of sp³-hybridized carbons (Fsp3) is 0.667. The third kappa shape index (κ3) is 4.07. The number of amides is 1. The van der Waals surface area contributed by atoms with Gasteiger partial charge in [0.05, 0.1) is 6.42 Å². The number of hydrogen-bond acceptors (Lipinski definition) is 4. The van der Waals surface area contributed by atoms with Crippen LogP contribution >= 0.6 is 0 Å². The van der Waals surface area contributed by atoms with Gasteiger partial charge in [-0.25, -0.2) is 0 Å². The summed E-state index contributed by atoms with van der Waals surface area (Å²) < 4.78 is 7.02. The Morgan fingerprint density at radius 1 is 1.45 bits per heavy atom. The number of rotatable bonds is 6. The number of hydrogen-bond donors (Lipinski definition) is 2. The molecule has 7 heteroatoms. The third-order valence-corrected chi connectivity index (χ3v) is 4.07. The summed E-state index contributed by atoms with van der Waals surface area (Å²) in [5.41, 5.74) is -0.0772. The molecular formula is C15H23N3O4. The van der Waals surface area contributed by atoms with Crippen LogP contribution in [0.3, 0.4) is 0 Å². The highest BCUT2D eigenvalue weighted by Crippen LogP contribution is 2.33. The minimum absolute atomic E-state index is 0.0388. The van der Waals surface area contributed by atoms with Crippen molar-refractivity contribution in [2.24, 2.45) is 5.41 Å². The van der Waals surface area contributed by atoms with E-state index < -0.39 is 11.4 Å². The summed E-state index contributed by atoms with van der Waals surface area (Å²) in [4.78, 5) is 23.3. The van der Waals surface area contributed by atoms with Gasteiger partial charge in [-0.3, -0.25) is 14.3 Å². The van der Waals surface area contributed by atoms with E-state index in [1.165, 1.54) is 0 Å². The van der Waals surface area contributed by atoms with Gasteiger partial charge in [-0.05, 0) is 32.8 Å². The molecule has 1 saturated heterocycles. The van der Waals surface area contributed by atoms with Crippen LogP contribution in [-0.4, -0.2) is 46.5 Å². The maximum absolute atomic E-state index is 12.2. The monoisotopic (exact) mass is 309 g/mol. The Morgan fingerprint density at radius 3 is 2.68 bits per heavy atom. The van der Waals surface area contributed by atoms with Crippen LogP contribution in [0, 0.1) is 5.41 Å². The number of nitrogens with zero attached hydrogens (tertiary/aromatic N) is 2. The number of aliphatic carboxylic acids is 1. The molecule has 2 N–H and O–H groups in total. The van der Waals surface area contributed by atoms with E-state index in [1.54, 1.807) is 16.9 Å². The highest BCUT2D eigenvalue weighted by molar-refractivity contribution is 5.92. The standard InChI is InChI=1S/C15H23N3O4/c1-11(2)18-6-3-12(17-18)14(21)16-10-15(9-13(19)20)4-7-22-8-5-15/h3,6,11H,4-5,7-10H2,1-2H3,(H,16,21)(H,19,20). The lowest BCUT2D eigenvalue weighted by Crippen LogP contribution is -2.42. The smallest absolute Gasteiger partial charge is 0.303 e.